The average molecular weight is 398 g/mol. The Bertz CT molecular complexity index is 816. The van der Waals surface area contributed by atoms with Crippen LogP contribution in [0.5, 0.6) is 0 Å². The molecule has 5 nitrogen and oxygen atoms in total. The van der Waals surface area contributed by atoms with E-state index in [0.717, 1.165) is 17.8 Å². The predicted octanol–water partition coefficient (Wildman–Crippen LogP) is 3.51. The molecule has 5 heteroatoms. The molecule has 1 saturated heterocycles. The minimum atomic E-state index is -1.26. The summed E-state index contributed by atoms with van der Waals surface area (Å²) in [6.07, 6.45) is 11.1. The van der Waals surface area contributed by atoms with Crippen molar-refractivity contribution in [3.05, 3.63) is 47.0 Å². The SMILES string of the molecule is CN1CC2C3CCC(C3)C2(c2ccc3c(c2)CCCC3)C1.O=C(O)C=CC(=O)O. The summed E-state index contributed by atoms with van der Waals surface area (Å²) < 4.78 is 0. The van der Waals surface area contributed by atoms with Crippen LogP contribution in [0, 0.1) is 17.8 Å². The van der Waals surface area contributed by atoms with Crippen molar-refractivity contribution in [3.8, 4) is 0 Å². The Morgan fingerprint density at radius 3 is 2.45 bits per heavy atom. The molecule has 1 aromatic rings. The van der Waals surface area contributed by atoms with Gasteiger partial charge in [-0.2, -0.15) is 0 Å². The number of nitrogens with zero attached hydrogens (tertiary/aromatic N) is 1. The number of fused-ring (bicyclic) bond motifs is 6. The van der Waals surface area contributed by atoms with Gasteiger partial charge in [0.1, 0.15) is 0 Å². The van der Waals surface area contributed by atoms with Gasteiger partial charge in [-0.1, -0.05) is 18.2 Å². The van der Waals surface area contributed by atoms with Gasteiger partial charge >= 0.3 is 11.9 Å². The van der Waals surface area contributed by atoms with E-state index in [1.54, 1.807) is 16.7 Å². The molecular weight excluding hydrogens is 366 g/mol. The number of hydrogen-bond acceptors (Lipinski definition) is 3. The van der Waals surface area contributed by atoms with Crippen LogP contribution in [0.3, 0.4) is 0 Å². The molecule has 0 radical (unpaired) electrons. The minimum absolute atomic E-state index is 0.518. The average Bonchev–Trinajstić information content (AvgIpc) is 3.38. The number of carboxylic acid groups (broad SMARTS) is 2. The van der Waals surface area contributed by atoms with Gasteiger partial charge in [0, 0.05) is 30.7 Å². The predicted molar refractivity (Wildman–Crippen MR) is 111 cm³/mol. The third-order valence-corrected chi connectivity index (χ3v) is 7.73. The van der Waals surface area contributed by atoms with Crippen molar-refractivity contribution in [2.45, 2.75) is 50.4 Å². The molecule has 2 saturated carbocycles. The fourth-order valence-electron chi connectivity index (χ4n) is 6.68. The van der Waals surface area contributed by atoms with Crippen molar-refractivity contribution in [1.29, 1.82) is 0 Å². The minimum Gasteiger partial charge on any atom is -0.478 e. The molecular formula is C24H31NO4. The first-order valence-corrected chi connectivity index (χ1v) is 10.8. The lowest BCUT2D eigenvalue weighted by atomic mass is 9.63. The molecule has 29 heavy (non-hydrogen) atoms. The van der Waals surface area contributed by atoms with Crippen molar-refractivity contribution in [2.75, 3.05) is 20.1 Å². The third-order valence-electron chi connectivity index (χ3n) is 7.73. The molecule has 5 rings (SSSR count). The van der Waals surface area contributed by atoms with Crippen molar-refractivity contribution >= 4 is 11.9 Å². The number of hydrogen-bond donors (Lipinski definition) is 2. The number of carboxylic acids is 2. The van der Waals surface area contributed by atoms with Gasteiger partial charge in [-0.25, -0.2) is 9.59 Å². The quantitative estimate of drug-likeness (QED) is 0.763. The maximum Gasteiger partial charge on any atom is 0.328 e. The Kier molecular flexibility index (Phi) is 5.52. The highest BCUT2D eigenvalue weighted by atomic mass is 16.4. The molecule has 156 valence electrons. The molecule has 4 aliphatic rings. The van der Waals surface area contributed by atoms with E-state index < -0.39 is 11.9 Å². The fourth-order valence-corrected chi connectivity index (χ4v) is 6.68. The maximum absolute atomic E-state index is 9.55. The van der Waals surface area contributed by atoms with Gasteiger partial charge in [-0.3, -0.25) is 0 Å². The van der Waals surface area contributed by atoms with Crippen LogP contribution >= 0.6 is 0 Å². The number of likely N-dealkylation sites (tertiary alicyclic amines) is 1. The Balaban J connectivity index is 0.000000221. The first-order valence-electron chi connectivity index (χ1n) is 10.8. The van der Waals surface area contributed by atoms with E-state index in [0.29, 0.717) is 17.6 Å². The summed E-state index contributed by atoms with van der Waals surface area (Å²) in [6.45, 7) is 2.66. The first kappa shape index (κ1) is 20.1. The zero-order valence-corrected chi connectivity index (χ0v) is 17.1. The summed E-state index contributed by atoms with van der Waals surface area (Å²) in [7, 11) is 2.35. The van der Waals surface area contributed by atoms with E-state index in [-0.39, 0.29) is 0 Å². The van der Waals surface area contributed by atoms with Gasteiger partial charge in [-0.05, 0) is 86.4 Å². The summed E-state index contributed by atoms with van der Waals surface area (Å²) in [5, 5.41) is 15.6. The third kappa shape index (κ3) is 3.73. The number of aliphatic carboxylic acids is 2. The maximum atomic E-state index is 9.55. The molecule has 4 atom stereocenters. The van der Waals surface area contributed by atoms with Crippen LogP contribution in [0.4, 0.5) is 0 Å². The van der Waals surface area contributed by atoms with Gasteiger partial charge in [0.05, 0.1) is 0 Å². The molecule has 0 spiro atoms. The second kappa shape index (κ2) is 7.94. The van der Waals surface area contributed by atoms with E-state index in [9.17, 15) is 9.59 Å². The smallest absolute Gasteiger partial charge is 0.328 e. The second-order valence-electron chi connectivity index (χ2n) is 9.31. The number of benzene rings is 1. The highest BCUT2D eigenvalue weighted by molar-refractivity contribution is 5.89. The Morgan fingerprint density at radius 2 is 1.76 bits per heavy atom. The van der Waals surface area contributed by atoms with Gasteiger partial charge in [0.15, 0.2) is 0 Å². The van der Waals surface area contributed by atoms with Crippen LogP contribution in [0.2, 0.25) is 0 Å². The summed E-state index contributed by atoms with van der Waals surface area (Å²) in [5.74, 6) is 0.428. The van der Waals surface area contributed by atoms with Crippen LogP contribution < -0.4 is 0 Å². The zero-order chi connectivity index (χ0) is 20.6. The lowest BCUT2D eigenvalue weighted by Gasteiger charge is -2.40. The van der Waals surface area contributed by atoms with E-state index in [4.69, 9.17) is 10.2 Å². The molecule has 1 heterocycles. The Hall–Kier alpha value is -2.14. The van der Waals surface area contributed by atoms with Gasteiger partial charge in [-0.15, -0.1) is 0 Å². The topological polar surface area (TPSA) is 77.8 Å². The molecule has 2 N–H and O–H groups in total. The summed E-state index contributed by atoms with van der Waals surface area (Å²) in [6, 6.07) is 7.65. The standard InChI is InChI=1S/C20H27N.C4H4O4/c1-21-12-19-16-7-9-18(11-16)20(19,13-21)17-8-6-14-4-2-3-5-15(14)10-17;5-3(6)1-2-4(7)8/h6,8,10,16,18-19H,2-5,7,9,11-13H2,1H3;1-2H,(H,5,6)(H,7,8). The molecule has 3 aliphatic carbocycles. The highest BCUT2D eigenvalue weighted by Crippen LogP contribution is 2.63. The van der Waals surface area contributed by atoms with Crippen molar-refractivity contribution < 1.29 is 19.8 Å². The second-order valence-corrected chi connectivity index (χ2v) is 9.31. The van der Waals surface area contributed by atoms with Gasteiger partial charge in [0.25, 0.3) is 0 Å². The van der Waals surface area contributed by atoms with Crippen molar-refractivity contribution in [1.82, 2.24) is 4.90 Å². The van der Waals surface area contributed by atoms with Crippen LogP contribution in [0.25, 0.3) is 0 Å². The molecule has 3 fully saturated rings. The fraction of sp³-hybridized carbons (Fsp3) is 0.583. The van der Waals surface area contributed by atoms with Crippen LogP contribution in [0.15, 0.2) is 30.4 Å². The number of carbonyl (C=O) groups is 2. The summed E-state index contributed by atoms with van der Waals surface area (Å²) in [5.41, 5.74) is 5.56. The summed E-state index contributed by atoms with van der Waals surface area (Å²) in [4.78, 5) is 21.7. The van der Waals surface area contributed by atoms with Gasteiger partial charge in [0.2, 0.25) is 0 Å². The van der Waals surface area contributed by atoms with E-state index in [1.165, 1.54) is 58.0 Å². The zero-order valence-electron chi connectivity index (χ0n) is 17.1. The lowest BCUT2D eigenvalue weighted by molar-refractivity contribution is -0.134. The molecule has 4 unspecified atom stereocenters. The molecule has 0 aromatic heterocycles. The molecule has 1 aliphatic heterocycles. The number of likely N-dealkylation sites (N-methyl/N-ethyl adjacent to an activating group) is 1. The van der Waals surface area contributed by atoms with Crippen molar-refractivity contribution in [2.24, 2.45) is 17.8 Å². The largest absolute Gasteiger partial charge is 0.478 e. The number of rotatable bonds is 3. The van der Waals surface area contributed by atoms with E-state index >= 15 is 0 Å². The van der Waals surface area contributed by atoms with Crippen LogP contribution in [0.1, 0.15) is 48.8 Å². The highest BCUT2D eigenvalue weighted by Gasteiger charge is 2.61. The Morgan fingerprint density at radius 1 is 1.07 bits per heavy atom. The van der Waals surface area contributed by atoms with Crippen molar-refractivity contribution in [3.63, 3.8) is 0 Å². The summed E-state index contributed by atoms with van der Waals surface area (Å²) >= 11 is 0. The molecule has 2 bridgehead atoms. The number of aryl methyl sites for hydroxylation is 2. The van der Waals surface area contributed by atoms with Gasteiger partial charge < -0.3 is 15.1 Å². The normalized spacial score (nSPS) is 32.5. The Labute approximate surface area is 172 Å². The monoisotopic (exact) mass is 397 g/mol. The lowest BCUT2D eigenvalue weighted by Crippen LogP contribution is -2.40. The molecule has 0 amide bonds. The first-order chi connectivity index (χ1) is 13.9. The van der Waals surface area contributed by atoms with E-state index in [1.807, 2.05) is 0 Å². The van der Waals surface area contributed by atoms with Crippen LogP contribution in [-0.2, 0) is 27.8 Å². The van der Waals surface area contributed by atoms with E-state index in [2.05, 4.69) is 30.1 Å². The molecule has 1 aromatic carbocycles. The van der Waals surface area contributed by atoms with Crippen LogP contribution in [-0.4, -0.2) is 47.2 Å².